The maximum absolute atomic E-state index is 12.7. The number of para-hydroxylation sites is 3. The second-order valence-electron chi connectivity index (χ2n) is 6.19. The molecule has 1 aliphatic rings. The minimum atomic E-state index is -0.233. The largest absolute Gasteiger partial charge is 0.455 e. The Labute approximate surface area is 151 Å². The Bertz CT molecular complexity index is 982. The van der Waals surface area contributed by atoms with E-state index in [1.54, 1.807) is 16.8 Å². The van der Waals surface area contributed by atoms with E-state index in [9.17, 15) is 10.1 Å². The molecular weight excluding hydrogens is 326 g/mol. The van der Waals surface area contributed by atoms with Crippen molar-refractivity contribution in [2.24, 2.45) is 0 Å². The van der Waals surface area contributed by atoms with Crippen molar-refractivity contribution in [3.8, 4) is 23.3 Å². The summed E-state index contributed by atoms with van der Waals surface area (Å²) in [7, 11) is 0. The summed E-state index contributed by atoms with van der Waals surface area (Å²) >= 11 is 0. The molecule has 0 radical (unpaired) electrons. The van der Waals surface area contributed by atoms with Crippen molar-refractivity contribution in [1.29, 1.82) is 5.26 Å². The lowest BCUT2D eigenvalue weighted by Gasteiger charge is -2.15. The highest BCUT2D eigenvalue weighted by Gasteiger charge is 2.27. The molecule has 4 rings (SSSR count). The highest BCUT2D eigenvalue weighted by atomic mass is 16.5. The van der Waals surface area contributed by atoms with Crippen LogP contribution in [0.25, 0.3) is 5.69 Å². The van der Waals surface area contributed by atoms with Gasteiger partial charge in [-0.25, -0.2) is 0 Å². The van der Waals surface area contributed by atoms with Crippen molar-refractivity contribution in [2.75, 3.05) is 0 Å². The third kappa shape index (κ3) is 3.17. The van der Waals surface area contributed by atoms with Crippen molar-refractivity contribution in [3.63, 3.8) is 0 Å². The van der Waals surface area contributed by atoms with Gasteiger partial charge in [-0.3, -0.25) is 4.79 Å². The zero-order valence-electron chi connectivity index (χ0n) is 14.1. The number of benzene rings is 2. The predicted molar refractivity (Wildman–Crippen MR) is 97.5 cm³/mol. The zero-order chi connectivity index (χ0) is 17.9. The Morgan fingerprint density at radius 1 is 1.08 bits per heavy atom. The van der Waals surface area contributed by atoms with Gasteiger partial charge < -0.3 is 14.6 Å². The van der Waals surface area contributed by atoms with Crippen LogP contribution in [0.2, 0.25) is 0 Å². The highest BCUT2D eigenvalue weighted by molar-refractivity contribution is 5.96. The van der Waals surface area contributed by atoms with Crippen LogP contribution in [0.3, 0.4) is 0 Å². The fraction of sp³-hybridized carbons (Fsp3) is 0.143. The molecule has 0 spiro atoms. The average Bonchev–Trinajstić information content (AvgIpc) is 3.38. The zero-order valence-corrected chi connectivity index (χ0v) is 14.1. The molecule has 1 heterocycles. The maximum Gasteiger partial charge on any atom is 0.269 e. The molecule has 0 atom stereocenters. The van der Waals surface area contributed by atoms with Crippen LogP contribution in [0.5, 0.6) is 11.5 Å². The van der Waals surface area contributed by atoms with Gasteiger partial charge in [0.2, 0.25) is 0 Å². The van der Waals surface area contributed by atoms with E-state index >= 15 is 0 Å². The minimum Gasteiger partial charge on any atom is -0.455 e. The number of rotatable bonds is 5. The van der Waals surface area contributed by atoms with E-state index in [-0.39, 0.29) is 11.9 Å². The Morgan fingerprint density at radius 3 is 2.54 bits per heavy atom. The summed E-state index contributed by atoms with van der Waals surface area (Å²) in [5, 5.41) is 12.4. The average molecular weight is 343 g/mol. The van der Waals surface area contributed by atoms with Crippen LogP contribution < -0.4 is 10.1 Å². The topological polar surface area (TPSA) is 67.0 Å². The number of carbonyl (C=O) groups excluding carboxylic acids is 1. The summed E-state index contributed by atoms with van der Waals surface area (Å²) in [6, 6.07) is 20.9. The smallest absolute Gasteiger partial charge is 0.269 e. The summed E-state index contributed by atoms with van der Waals surface area (Å²) in [5.74, 6) is 1.08. The summed E-state index contributed by atoms with van der Waals surface area (Å²) < 4.78 is 7.72. The molecular formula is C21H17N3O2. The van der Waals surface area contributed by atoms with E-state index < -0.39 is 0 Å². The molecule has 3 aromatic rings. The van der Waals surface area contributed by atoms with E-state index in [1.807, 2.05) is 54.6 Å². The first kappa shape index (κ1) is 16.0. The molecule has 0 saturated heterocycles. The maximum atomic E-state index is 12.7. The van der Waals surface area contributed by atoms with Crippen LogP contribution in [-0.4, -0.2) is 16.5 Å². The number of amides is 1. The van der Waals surface area contributed by atoms with Gasteiger partial charge >= 0.3 is 0 Å². The van der Waals surface area contributed by atoms with E-state index in [0.29, 0.717) is 28.4 Å². The third-order valence-corrected chi connectivity index (χ3v) is 4.23. The fourth-order valence-electron chi connectivity index (χ4n) is 2.79. The van der Waals surface area contributed by atoms with Crippen molar-refractivity contribution >= 4 is 5.91 Å². The number of nitriles is 1. The minimum absolute atomic E-state index is 0.216. The van der Waals surface area contributed by atoms with Gasteiger partial charge in [0, 0.05) is 12.2 Å². The Hall–Kier alpha value is -3.52. The van der Waals surface area contributed by atoms with Crippen LogP contribution in [0.15, 0.2) is 66.9 Å². The van der Waals surface area contributed by atoms with Crippen LogP contribution in [0, 0.1) is 11.3 Å². The molecule has 1 N–H and O–H groups in total. The van der Waals surface area contributed by atoms with Crippen LogP contribution >= 0.6 is 0 Å². The molecule has 2 aromatic carbocycles. The predicted octanol–water partition coefficient (Wildman–Crippen LogP) is 4.03. The van der Waals surface area contributed by atoms with E-state index in [1.165, 1.54) is 0 Å². The number of hydrogen-bond donors (Lipinski definition) is 1. The Morgan fingerprint density at radius 2 is 1.81 bits per heavy atom. The normalized spacial score (nSPS) is 13.0. The van der Waals surface area contributed by atoms with Gasteiger partial charge in [-0.2, -0.15) is 5.26 Å². The molecule has 5 nitrogen and oxygen atoms in total. The van der Waals surface area contributed by atoms with Gasteiger partial charge in [0.25, 0.3) is 5.91 Å². The summed E-state index contributed by atoms with van der Waals surface area (Å²) in [4.78, 5) is 12.7. The highest BCUT2D eigenvalue weighted by Crippen LogP contribution is 2.30. The molecule has 5 heteroatoms. The number of ether oxygens (including phenoxy) is 1. The molecule has 0 bridgehead atoms. The number of hydrogen-bond acceptors (Lipinski definition) is 3. The third-order valence-electron chi connectivity index (χ3n) is 4.23. The van der Waals surface area contributed by atoms with Gasteiger partial charge in [0.15, 0.2) is 5.75 Å². The van der Waals surface area contributed by atoms with E-state index in [4.69, 9.17) is 4.74 Å². The molecule has 1 saturated carbocycles. The summed E-state index contributed by atoms with van der Waals surface area (Å²) in [6.07, 6.45) is 3.71. The lowest BCUT2D eigenvalue weighted by molar-refractivity contribution is 0.0944. The van der Waals surface area contributed by atoms with Crippen molar-refractivity contribution in [3.05, 3.63) is 78.1 Å². The van der Waals surface area contributed by atoms with Gasteiger partial charge in [0.05, 0.1) is 11.3 Å². The second kappa shape index (κ2) is 6.77. The monoisotopic (exact) mass is 343 g/mol. The molecule has 0 aliphatic heterocycles. The first-order valence-corrected chi connectivity index (χ1v) is 8.51. The SMILES string of the molecule is N#Cc1ccn(-c2ccccc2Oc2ccccc2)c1C(=O)NC1CC1. The van der Waals surface area contributed by atoms with Gasteiger partial charge in [-0.05, 0) is 43.2 Å². The van der Waals surface area contributed by atoms with E-state index in [0.717, 1.165) is 12.8 Å². The van der Waals surface area contributed by atoms with Gasteiger partial charge in [-0.1, -0.05) is 30.3 Å². The second-order valence-corrected chi connectivity index (χ2v) is 6.19. The quantitative estimate of drug-likeness (QED) is 0.760. The Balaban J connectivity index is 1.75. The van der Waals surface area contributed by atoms with Crippen LogP contribution in [0.4, 0.5) is 0 Å². The first-order valence-electron chi connectivity index (χ1n) is 8.51. The lowest BCUT2D eigenvalue weighted by atomic mass is 10.2. The number of carbonyl (C=O) groups is 1. The Kier molecular flexibility index (Phi) is 4.16. The molecule has 128 valence electrons. The van der Waals surface area contributed by atoms with Crippen LogP contribution in [-0.2, 0) is 0 Å². The molecule has 26 heavy (non-hydrogen) atoms. The van der Waals surface area contributed by atoms with Crippen LogP contribution in [0.1, 0.15) is 28.9 Å². The van der Waals surface area contributed by atoms with Gasteiger partial charge in [0.1, 0.15) is 17.5 Å². The molecule has 1 aromatic heterocycles. The standard InChI is InChI=1S/C21H17N3O2/c22-14-15-12-13-24(20(15)21(25)23-16-10-11-16)18-8-4-5-9-19(18)26-17-6-2-1-3-7-17/h1-9,12-13,16H,10-11H2,(H,23,25). The fourth-order valence-corrected chi connectivity index (χ4v) is 2.79. The number of aromatic nitrogens is 1. The molecule has 1 fully saturated rings. The molecule has 0 unspecified atom stereocenters. The summed E-state index contributed by atoms with van der Waals surface area (Å²) in [5.41, 5.74) is 1.39. The van der Waals surface area contributed by atoms with Crippen molar-refractivity contribution < 1.29 is 9.53 Å². The molecule has 1 amide bonds. The van der Waals surface area contributed by atoms with Crippen molar-refractivity contribution in [2.45, 2.75) is 18.9 Å². The molecule has 1 aliphatic carbocycles. The first-order chi connectivity index (χ1) is 12.8. The van der Waals surface area contributed by atoms with Crippen molar-refractivity contribution in [1.82, 2.24) is 9.88 Å². The summed E-state index contributed by atoms with van der Waals surface area (Å²) in [6.45, 7) is 0. The van der Waals surface area contributed by atoms with E-state index in [2.05, 4.69) is 11.4 Å². The number of nitrogens with one attached hydrogen (secondary N) is 1. The number of nitrogens with zero attached hydrogens (tertiary/aromatic N) is 2. The lowest BCUT2D eigenvalue weighted by Crippen LogP contribution is -2.28. The van der Waals surface area contributed by atoms with Gasteiger partial charge in [-0.15, -0.1) is 0 Å².